The van der Waals surface area contributed by atoms with E-state index in [-0.39, 0.29) is 5.69 Å². The summed E-state index contributed by atoms with van der Waals surface area (Å²) in [5.41, 5.74) is 1.75. The number of aromatic amines is 1. The van der Waals surface area contributed by atoms with E-state index in [1.165, 1.54) is 0 Å². The van der Waals surface area contributed by atoms with E-state index < -0.39 is 18.3 Å². The van der Waals surface area contributed by atoms with Crippen LogP contribution in [0.2, 0.25) is 0 Å². The van der Waals surface area contributed by atoms with E-state index in [9.17, 15) is 4.79 Å². The van der Waals surface area contributed by atoms with E-state index >= 15 is 0 Å². The highest BCUT2D eigenvalue weighted by Crippen LogP contribution is 2.36. The molecular weight excluding hydrogens is 397 g/mol. The highest BCUT2D eigenvalue weighted by molar-refractivity contribution is 6.62. The maximum Gasteiger partial charge on any atom is 0.496 e. The fraction of sp³-hybridized carbons (Fsp3) is 0.455. The van der Waals surface area contributed by atoms with Crippen molar-refractivity contribution in [3.63, 3.8) is 0 Å². The molecule has 31 heavy (non-hydrogen) atoms. The molecule has 0 atom stereocenters. The summed E-state index contributed by atoms with van der Waals surface area (Å²) in [7, 11) is 1.06. The molecule has 9 heteroatoms. The van der Waals surface area contributed by atoms with Gasteiger partial charge in [0.1, 0.15) is 0 Å². The van der Waals surface area contributed by atoms with Gasteiger partial charge >= 0.3 is 12.8 Å². The first kappa shape index (κ1) is 21.5. The lowest BCUT2D eigenvalue weighted by atomic mass is 9.80. The molecule has 3 aromatic rings. The average molecular weight is 425 g/mol. The molecule has 1 aliphatic heterocycles. The molecule has 0 aliphatic carbocycles. The van der Waals surface area contributed by atoms with Gasteiger partial charge in [-0.2, -0.15) is 0 Å². The molecule has 0 spiro atoms. The number of hydrogen-bond acceptors (Lipinski definition) is 6. The van der Waals surface area contributed by atoms with Crippen molar-refractivity contribution in [2.45, 2.75) is 52.4 Å². The second kappa shape index (κ2) is 7.73. The molecule has 1 N–H and O–H groups in total. The number of pyridine rings is 1. The minimum Gasteiger partial charge on any atom is -0.493 e. The van der Waals surface area contributed by atoms with Crippen LogP contribution in [0.3, 0.4) is 0 Å². The second-order valence-electron chi connectivity index (χ2n) is 8.66. The smallest absolute Gasteiger partial charge is 0.493 e. The van der Waals surface area contributed by atoms with Crippen molar-refractivity contribution in [1.29, 1.82) is 0 Å². The third-order valence-corrected chi connectivity index (χ3v) is 6.02. The molecule has 0 amide bonds. The van der Waals surface area contributed by atoms with Crippen molar-refractivity contribution in [3.05, 3.63) is 46.5 Å². The highest BCUT2D eigenvalue weighted by atomic mass is 16.7. The summed E-state index contributed by atoms with van der Waals surface area (Å²) in [6, 6.07) is 7.49. The van der Waals surface area contributed by atoms with Gasteiger partial charge in [-0.15, -0.1) is 0 Å². The summed E-state index contributed by atoms with van der Waals surface area (Å²) in [6.07, 6.45) is 1.70. The summed E-state index contributed by atoms with van der Waals surface area (Å²) in [6.45, 7) is 10.8. The van der Waals surface area contributed by atoms with Crippen molar-refractivity contribution in [2.75, 3.05) is 13.7 Å². The van der Waals surface area contributed by atoms with Crippen LogP contribution in [0.4, 0.5) is 0 Å². The normalized spacial score (nSPS) is 17.3. The van der Waals surface area contributed by atoms with Crippen LogP contribution >= 0.6 is 0 Å². The van der Waals surface area contributed by atoms with Crippen molar-refractivity contribution < 1.29 is 18.8 Å². The summed E-state index contributed by atoms with van der Waals surface area (Å²) >= 11 is 0. The van der Waals surface area contributed by atoms with Crippen molar-refractivity contribution in [2.24, 2.45) is 0 Å². The number of imidazole rings is 1. The van der Waals surface area contributed by atoms with E-state index in [0.717, 1.165) is 11.0 Å². The van der Waals surface area contributed by atoms with Gasteiger partial charge in [0, 0.05) is 11.7 Å². The third-order valence-electron chi connectivity index (χ3n) is 6.02. The number of fused-ring (bicyclic) bond motifs is 1. The van der Waals surface area contributed by atoms with Gasteiger partial charge in [0.15, 0.2) is 17.1 Å². The zero-order valence-electron chi connectivity index (χ0n) is 18.8. The molecule has 164 valence electrons. The number of hydrogen-bond donors (Lipinski definition) is 1. The fourth-order valence-corrected chi connectivity index (χ4v) is 3.58. The Kier molecular flexibility index (Phi) is 5.35. The predicted molar refractivity (Wildman–Crippen MR) is 119 cm³/mol. The first-order valence-corrected chi connectivity index (χ1v) is 10.4. The summed E-state index contributed by atoms with van der Waals surface area (Å²) in [5.74, 6) is 1.30. The highest BCUT2D eigenvalue weighted by Gasteiger charge is 2.51. The fourth-order valence-electron chi connectivity index (χ4n) is 3.58. The molecule has 3 heterocycles. The van der Waals surface area contributed by atoms with Crippen molar-refractivity contribution >= 4 is 23.7 Å². The number of rotatable bonds is 6. The van der Waals surface area contributed by atoms with Crippen molar-refractivity contribution in [1.82, 2.24) is 14.5 Å². The SMILES string of the molecule is CCOc1cc(Cn2c(=O)[nH]c3cc(B4OC(C)(C)C(C)(C)O4)cnc32)ccc1OC. The van der Waals surface area contributed by atoms with E-state index in [1.807, 2.05) is 58.9 Å². The first-order chi connectivity index (χ1) is 14.6. The van der Waals surface area contributed by atoms with Gasteiger partial charge in [0.2, 0.25) is 0 Å². The lowest BCUT2D eigenvalue weighted by molar-refractivity contribution is 0.00578. The summed E-state index contributed by atoms with van der Waals surface area (Å²) in [4.78, 5) is 20.1. The lowest BCUT2D eigenvalue weighted by Crippen LogP contribution is -2.41. The number of nitrogens with one attached hydrogen (secondary N) is 1. The Balaban J connectivity index is 1.65. The molecule has 1 saturated heterocycles. The second-order valence-corrected chi connectivity index (χ2v) is 8.66. The quantitative estimate of drug-likeness (QED) is 0.611. The minimum atomic E-state index is -0.538. The minimum absolute atomic E-state index is 0.234. The number of H-pyrrole nitrogens is 1. The Morgan fingerprint density at radius 2 is 1.84 bits per heavy atom. The largest absolute Gasteiger partial charge is 0.496 e. The van der Waals surface area contributed by atoms with E-state index in [4.69, 9.17) is 18.8 Å². The Bertz CT molecular complexity index is 1150. The Morgan fingerprint density at radius 1 is 1.13 bits per heavy atom. The van der Waals surface area contributed by atoms with Crippen LogP contribution < -0.4 is 20.6 Å². The van der Waals surface area contributed by atoms with Gasteiger partial charge in [-0.25, -0.2) is 9.78 Å². The molecular formula is C22H28BN3O5. The van der Waals surface area contributed by atoms with Gasteiger partial charge in [0.25, 0.3) is 0 Å². The molecule has 0 bridgehead atoms. The molecule has 4 rings (SSSR count). The van der Waals surface area contributed by atoms with E-state index in [0.29, 0.717) is 35.8 Å². The molecule has 0 saturated carbocycles. The zero-order valence-corrected chi connectivity index (χ0v) is 18.8. The van der Waals surface area contributed by atoms with Gasteiger partial charge in [-0.1, -0.05) is 6.07 Å². The molecule has 2 aromatic heterocycles. The number of nitrogens with zero attached hydrogens (tertiary/aromatic N) is 2. The monoisotopic (exact) mass is 425 g/mol. The summed E-state index contributed by atoms with van der Waals surface area (Å²) < 4.78 is 24.8. The molecule has 0 unspecified atom stereocenters. The molecule has 8 nitrogen and oxygen atoms in total. The van der Waals surface area contributed by atoms with Gasteiger partial charge in [0.05, 0.1) is 37.0 Å². The zero-order chi connectivity index (χ0) is 22.4. The standard InChI is InChI=1S/C22H28BN3O5/c1-7-29-18-10-14(8-9-17(18)28-6)13-26-19-16(25-20(26)27)11-15(12-24-19)23-30-21(2,3)22(4,5)31-23/h8-12H,7,13H2,1-6H3,(H,25,27). The maximum atomic E-state index is 12.7. The predicted octanol–water partition coefficient (Wildman–Crippen LogP) is 2.48. The van der Waals surface area contributed by atoms with Crippen LogP contribution in [0, 0.1) is 0 Å². The van der Waals surface area contributed by atoms with Gasteiger partial charge < -0.3 is 23.8 Å². The topological polar surface area (TPSA) is 87.6 Å². The molecule has 1 aliphatic rings. The third kappa shape index (κ3) is 3.83. The Morgan fingerprint density at radius 3 is 2.48 bits per heavy atom. The number of benzene rings is 1. The number of methoxy groups -OCH3 is 1. The first-order valence-electron chi connectivity index (χ1n) is 10.4. The summed E-state index contributed by atoms with van der Waals surface area (Å²) in [5, 5.41) is 0. The van der Waals surface area contributed by atoms with Crippen LogP contribution in [0.5, 0.6) is 11.5 Å². The Labute approximate surface area is 181 Å². The lowest BCUT2D eigenvalue weighted by Gasteiger charge is -2.32. The van der Waals surface area contributed by atoms with Crippen LogP contribution in [0.25, 0.3) is 11.2 Å². The van der Waals surface area contributed by atoms with Crippen LogP contribution in [-0.4, -0.2) is 46.6 Å². The number of aromatic nitrogens is 3. The van der Waals surface area contributed by atoms with E-state index in [1.54, 1.807) is 17.9 Å². The molecule has 1 fully saturated rings. The van der Waals surface area contributed by atoms with Crippen LogP contribution in [0.15, 0.2) is 35.3 Å². The molecule has 0 radical (unpaired) electrons. The molecule has 1 aromatic carbocycles. The van der Waals surface area contributed by atoms with E-state index in [2.05, 4.69) is 9.97 Å². The number of ether oxygens (including phenoxy) is 2. The van der Waals surface area contributed by atoms with Crippen LogP contribution in [0.1, 0.15) is 40.2 Å². The van der Waals surface area contributed by atoms with Crippen molar-refractivity contribution in [3.8, 4) is 11.5 Å². The van der Waals surface area contributed by atoms with Crippen LogP contribution in [-0.2, 0) is 15.9 Å². The average Bonchev–Trinajstić information content (AvgIpc) is 3.13. The van der Waals surface area contributed by atoms with Gasteiger partial charge in [-0.3, -0.25) is 4.57 Å². The maximum absolute atomic E-state index is 12.7. The Hall–Kier alpha value is -2.78. The van der Waals surface area contributed by atoms with Gasteiger partial charge in [-0.05, 0) is 58.4 Å².